The van der Waals surface area contributed by atoms with E-state index in [0.29, 0.717) is 5.41 Å². The van der Waals surface area contributed by atoms with Gasteiger partial charge in [0.2, 0.25) is 0 Å². The molecule has 0 aliphatic carbocycles. The first-order valence-corrected chi connectivity index (χ1v) is 8.00. The number of hydrogen-bond donors (Lipinski definition) is 2. The first kappa shape index (κ1) is 14.3. The van der Waals surface area contributed by atoms with Crippen molar-refractivity contribution in [2.45, 2.75) is 39.5 Å². The van der Waals surface area contributed by atoms with Gasteiger partial charge in [-0.3, -0.25) is 0 Å². The molecule has 3 heteroatoms. The maximum Gasteiger partial charge on any atom is 0.00512 e. The molecule has 0 amide bonds. The molecule has 1 unspecified atom stereocenters. The number of nitrogens with zero attached hydrogens (tertiary/aromatic N) is 1. The smallest absolute Gasteiger partial charge is 0.00512 e. The lowest BCUT2D eigenvalue weighted by molar-refractivity contribution is 0.216. The monoisotopic (exact) mass is 253 g/mol. The minimum absolute atomic E-state index is 0.660. The second-order valence-electron chi connectivity index (χ2n) is 6.11. The van der Waals surface area contributed by atoms with Crippen molar-refractivity contribution in [3.05, 3.63) is 0 Å². The lowest BCUT2D eigenvalue weighted by atomic mass is 9.86. The van der Waals surface area contributed by atoms with E-state index in [1.807, 2.05) is 13.8 Å². The normalized spacial score (nSPS) is 33.7. The Morgan fingerprint density at radius 3 is 2.50 bits per heavy atom. The van der Waals surface area contributed by atoms with E-state index >= 15 is 0 Å². The molecule has 3 heterocycles. The van der Waals surface area contributed by atoms with Crippen molar-refractivity contribution in [3.8, 4) is 0 Å². The van der Waals surface area contributed by atoms with E-state index in [0.717, 1.165) is 5.92 Å². The predicted molar refractivity (Wildman–Crippen MR) is 77.9 cm³/mol. The average molecular weight is 253 g/mol. The van der Waals surface area contributed by atoms with Gasteiger partial charge in [0.1, 0.15) is 0 Å². The van der Waals surface area contributed by atoms with Crippen LogP contribution in [0.5, 0.6) is 0 Å². The topological polar surface area (TPSA) is 27.3 Å². The van der Waals surface area contributed by atoms with E-state index in [2.05, 4.69) is 15.5 Å². The fourth-order valence-corrected chi connectivity index (χ4v) is 3.76. The summed E-state index contributed by atoms with van der Waals surface area (Å²) in [6.07, 6.45) is 5.63. The van der Waals surface area contributed by atoms with E-state index in [4.69, 9.17) is 0 Å². The molecule has 2 N–H and O–H groups in total. The van der Waals surface area contributed by atoms with E-state index in [1.165, 1.54) is 71.5 Å². The van der Waals surface area contributed by atoms with Crippen molar-refractivity contribution in [1.82, 2.24) is 15.5 Å². The highest BCUT2D eigenvalue weighted by Gasteiger charge is 2.40. The van der Waals surface area contributed by atoms with Crippen molar-refractivity contribution in [2.24, 2.45) is 11.3 Å². The van der Waals surface area contributed by atoms with E-state index in [-0.39, 0.29) is 0 Å². The van der Waals surface area contributed by atoms with Gasteiger partial charge in [0.15, 0.2) is 0 Å². The Kier molecular flexibility index (Phi) is 5.46. The molecule has 1 spiro atoms. The number of nitrogens with one attached hydrogen (secondary N) is 2. The SMILES string of the molecule is C1CC(CN2CCC3(CCNC3)C2)CCN1.CC. The van der Waals surface area contributed by atoms with Gasteiger partial charge in [0.05, 0.1) is 0 Å². The maximum atomic E-state index is 3.54. The number of hydrogen-bond acceptors (Lipinski definition) is 3. The highest BCUT2D eigenvalue weighted by molar-refractivity contribution is 4.96. The van der Waals surface area contributed by atoms with E-state index in [1.54, 1.807) is 0 Å². The van der Waals surface area contributed by atoms with Crippen LogP contribution in [0.25, 0.3) is 0 Å². The summed E-state index contributed by atoms with van der Waals surface area (Å²) in [6.45, 7) is 13.1. The highest BCUT2D eigenvalue weighted by atomic mass is 15.2. The summed E-state index contributed by atoms with van der Waals surface area (Å²) in [5, 5.41) is 7.00. The summed E-state index contributed by atoms with van der Waals surface area (Å²) >= 11 is 0. The Hall–Kier alpha value is -0.120. The zero-order valence-electron chi connectivity index (χ0n) is 12.3. The maximum absolute atomic E-state index is 3.54. The molecular formula is C15H31N3. The van der Waals surface area contributed by atoms with Crippen LogP contribution < -0.4 is 10.6 Å². The molecule has 0 aromatic rings. The quantitative estimate of drug-likeness (QED) is 0.784. The molecule has 0 aromatic heterocycles. The van der Waals surface area contributed by atoms with E-state index < -0.39 is 0 Å². The number of rotatable bonds is 2. The summed E-state index contributed by atoms with van der Waals surface area (Å²) in [7, 11) is 0. The van der Waals surface area contributed by atoms with Crippen molar-refractivity contribution in [1.29, 1.82) is 0 Å². The zero-order valence-corrected chi connectivity index (χ0v) is 12.3. The second kappa shape index (κ2) is 6.88. The van der Waals surface area contributed by atoms with Gasteiger partial charge >= 0.3 is 0 Å². The lowest BCUT2D eigenvalue weighted by Gasteiger charge is -2.28. The van der Waals surface area contributed by atoms with Gasteiger partial charge < -0.3 is 15.5 Å². The molecular weight excluding hydrogens is 222 g/mol. The first-order chi connectivity index (χ1) is 8.86. The summed E-state index contributed by atoms with van der Waals surface area (Å²) in [4.78, 5) is 2.74. The number of likely N-dealkylation sites (tertiary alicyclic amines) is 1. The molecule has 0 saturated carbocycles. The molecule has 3 saturated heterocycles. The standard InChI is InChI=1S/C13H25N3.C2H6/c1-5-14-6-2-12(1)9-16-8-4-13(11-16)3-7-15-10-13;1-2/h12,14-15H,1-11H2;1-2H3. The largest absolute Gasteiger partial charge is 0.317 e. The molecule has 0 radical (unpaired) electrons. The molecule has 3 aliphatic heterocycles. The third kappa shape index (κ3) is 3.46. The van der Waals surface area contributed by atoms with Gasteiger partial charge in [-0.05, 0) is 63.2 Å². The van der Waals surface area contributed by atoms with Gasteiger partial charge in [-0.2, -0.15) is 0 Å². The van der Waals surface area contributed by atoms with Crippen molar-refractivity contribution < 1.29 is 0 Å². The van der Waals surface area contributed by atoms with Gasteiger partial charge in [0.25, 0.3) is 0 Å². The van der Waals surface area contributed by atoms with Gasteiger partial charge in [-0.15, -0.1) is 0 Å². The summed E-state index contributed by atoms with van der Waals surface area (Å²) in [6, 6.07) is 0. The fraction of sp³-hybridized carbons (Fsp3) is 1.00. The molecule has 3 aliphatic rings. The van der Waals surface area contributed by atoms with Crippen LogP contribution in [0.3, 0.4) is 0 Å². The van der Waals surface area contributed by atoms with Crippen LogP contribution in [0, 0.1) is 11.3 Å². The highest BCUT2D eigenvalue weighted by Crippen LogP contribution is 2.36. The predicted octanol–water partition coefficient (Wildman–Crippen LogP) is 1.70. The van der Waals surface area contributed by atoms with E-state index in [9.17, 15) is 0 Å². The molecule has 3 rings (SSSR count). The average Bonchev–Trinajstić information content (AvgIpc) is 3.04. The third-order valence-electron chi connectivity index (χ3n) is 4.82. The third-order valence-corrected chi connectivity index (χ3v) is 4.82. The van der Waals surface area contributed by atoms with Crippen molar-refractivity contribution >= 4 is 0 Å². The van der Waals surface area contributed by atoms with Crippen LogP contribution in [0.4, 0.5) is 0 Å². The van der Waals surface area contributed by atoms with Crippen LogP contribution in [0.2, 0.25) is 0 Å². The van der Waals surface area contributed by atoms with Crippen LogP contribution in [-0.4, -0.2) is 50.7 Å². The van der Waals surface area contributed by atoms with Crippen molar-refractivity contribution in [2.75, 3.05) is 45.8 Å². The fourth-order valence-electron chi connectivity index (χ4n) is 3.76. The Bertz CT molecular complexity index is 230. The van der Waals surface area contributed by atoms with Crippen LogP contribution in [-0.2, 0) is 0 Å². The molecule has 1 atom stereocenters. The van der Waals surface area contributed by atoms with Crippen molar-refractivity contribution in [3.63, 3.8) is 0 Å². The first-order valence-electron chi connectivity index (χ1n) is 8.00. The minimum atomic E-state index is 0.660. The Balaban J connectivity index is 0.000000574. The molecule has 0 bridgehead atoms. The van der Waals surface area contributed by atoms with Crippen LogP contribution >= 0.6 is 0 Å². The lowest BCUT2D eigenvalue weighted by Crippen LogP contribution is -2.36. The second-order valence-corrected chi connectivity index (χ2v) is 6.11. The molecule has 3 nitrogen and oxygen atoms in total. The molecule has 18 heavy (non-hydrogen) atoms. The van der Waals surface area contributed by atoms with Gasteiger partial charge in [-0.1, -0.05) is 13.8 Å². The Morgan fingerprint density at radius 1 is 1.06 bits per heavy atom. The van der Waals surface area contributed by atoms with Gasteiger partial charge in [-0.25, -0.2) is 0 Å². The van der Waals surface area contributed by atoms with Crippen LogP contribution in [0.1, 0.15) is 39.5 Å². The summed E-state index contributed by atoms with van der Waals surface area (Å²) < 4.78 is 0. The van der Waals surface area contributed by atoms with Crippen LogP contribution in [0.15, 0.2) is 0 Å². The number of piperidine rings is 1. The summed E-state index contributed by atoms with van der Waals surface area (Å²) in [5.41, 5.74) is 0.660. The molecule has 3 fully saturated rings. The van der Waals surface area contributed by atoms with Gasteiger partial charge in [0, 0.05) is 19.6 Å². The minimum Gasteiger partial charge on any atom is -0.317 e. The summed E-state index contributed by atoms with van der Waals surface area (Å²) in [5.74, 6) is 0.964. The Morgan fingerprint density at radius 2 is 1.83 bits per heavy atom. The molecule has 0 aromatic carbocycles. The molecule has 106 valence electrons. The zero-order chi connectivity index (χ0) is 12.8. The Labute approximate surface area is 113 Å².